The molecular weight excluding hydrogens is 409 g/mol. The number of hydrogen-bond donors (Lipinski definition) is 3. The van der Waals surface area contributed by atoms with Crippen LogP contribution in [-0.4, -0.2) is 38.0 Å². The Kier molecular flexibility index (Phi) is 4.29. The van der Waals surface area contributed by atoms with Gasteiger partial charge in [-0.1, -0.05) is 0 Å². The summed E-state index contributed by atoms with van der Waals surface area (Å²) in [6.07, 6.45) is 6.28. The van der Waals surface area contributed by atoms with Gasteiger partial charge < -0.3 is 20.8 Å². The van der Waals surface area contributed by atoms with Crippen LogP contribution in [0.1, 0.15) is 36.7 Å². The Labute approximate surface area is 183 Å². The molecule has 2 bridgehead atoms. The zero-order valence-electron chi connectivity index (χ0n) is 17.9. The van der Waals surface area contributed by atoms with Gasteiger partial charge in [-0.25, -0.2) is 14.4 Å². The van der Waals surface area contributed by atoms with Crippen molar-refractivity contribution in [3.63, 3.8) is 0 Å². The normalized spacial score (nSPS) is 24.5. The topological polar surface area (TPSA) is 115 Å². The predicted molar refractivity (Wildman–Crippen MR) is 119 cm³/mol. The molecule has 2 aliphatic rings. The highest BCUT2D eigenvalue weighted by molar-refractivity contribution is 6.11. The van der Waals surface area contributed by atoms with Crippen LogP contribution in [0.3, 0.4) is 0 Å². The highest BCUT2D eigenvalue weighted by Crippen LogP contribution is 2.53. The molecule has 32 heavy (non-hydrogen) atoms. The van der Waals surface area contributed by atoms with Gasteiger partial charge in [-0.05, 0) is 50.2 Å². The first-order chi connectivity index (χ1) is 15.5. The lowest BCUT2D eigenvalue weighted by Gasteiger charge is -2.25. The summed E-state index contributed by atoms with van der Waals surface area (Å²) < 4.78 is 20.4. The fraction of sp³-hybridized carbons (Fsp3) is 0.391. The molecule has 1 unspecified atom stereocenters. The van der Waals surface area contributed by atoms with Gasteiger partial charge in [0.15, 0.2) is 5.75 Å². The fourth-order valence-corrected chi connectivity index (χ4v) is 5.57. The number of nitrogens with one attached hydrogen (secondary N) is 2. The second-order valence-corrected chi connectivity index (χ2v) is 8.93. The fourth-order valence-electron chi connectivity index (χ4n) is 5.57. The Bertz CT molecular complexity index is 1330. The van der Waals surface area contributed by atoms with Gasteiger partial charge in [-0.3, -0.25) is 0 Å². The summed E-state index contributed by atoms with van der Waals surface area (Å²) in [4.78, 5) is 21.2. The van der Waals surface area contributed by atoms with E-state index in [0.717, 1.165) is 41.2 Å². The molecule has 8 nitrogen and oxygen atoms in total. The lowest BCUT2D eigenvalue weighted by atomic mass is 9.83. The van der Waals surface area contributed by atoms with Gasteiger partial charge >= 0.3 is 6.01 Å². The molecule has 1 aromatic carbocycles. The molecule has 4 aromatic rings. The number of H-pyrrole nitrogens is 1. The van der Waals surface area contributed by atoms with Gasteiger partial charge in [0, 0.05) is 29.8 Å². The smallest absolute Gasteiger partial charge is 0.324 e. The Morgan fingerprint density at radius 3 is 2.62 bits per heavy atom. The quantitative estimate of drug-likeness (QED) is 0.445. The number of ether oxygens (including phenoxy) is 1. The number of aromatic amines is 1. The lowest BCUT2D eigenvalue weighted by Crippen LogP contribution is -2.29. The van der Waals surface area contributed by atoms with Crippen molar-refractivity contribution in [2.75, 3.05) is 12.4 Å². The van der Waals surface area contributed by atoms with Gasteiger partial charge in [0.05, 0.1) is 29.3 Å². The van der Waals surface area contributed by atoms with E-state index in [1.54, 1.807) is 25.5 Å². The Balaban J connectivity index is 1.55. The SMILES string of the molecule is CNc1cc(F)cc2c1[nH]c1nc(Oc3cnc(C)nc3)nc(C3C[C@H]4C[C@@H]3C[C@H]4N)c12. The molecule has 164 valence electrons. The highest BCUT2D eigenvalue weighted by Gasteiger charge is 2.46. The molecule has 0 spiro atoms. The number of anilines is 1. The summed E-state index contributed by atoms with van der Waals surface area (Å²) in [5, 5.41) is 4.70. The molecule has 4 N–H and O–H groups in total. The second-order valence-electron chi connectivity index (χ2n) is 8.93. The van der Waals surface area contributed by atoms with E-state index in [1.165, 1.54) is 6.07 Å². The van der Waals surface area contributed by atoms with Crippen LogP contribution < -0.4 is 15.8 Å². The molecule has 3 heterocycles. The first kappa shape index (κ1) is 19.4. The third-order valence-electron chi connectivity index (χ3n) is 7.03. The number of hydrogen-bond acceptors (Lipinski definition) is 7. The number of nitrogens with two attached hydrogens (primary N) is 1. The van der Waals surface area contributed by atoms with Crippen LogP contribution in [0.15, 0.2) is 24.5 Å². The lowest BCUT2D eigenvalue weighted by molar-refractivity contribution is 0.367. The standard InChI is InChI=1S/C23H24FN7O/c1-10-27-8-14(9-28-10)32-23-30-21(15-4-12-3-11(15)5-17(12)25)19-16-6-13(24)7-18(26-2)20(16)29-22(19)31-23/h6-9,11-12,15,17,26H,3-5,25H2,1-2H3,(H,29,30,31)/t11-,12-,15?,17-/m1/s1. The molecule has 0 aliphatic heterocycles. The molecule has 2 saturated carbocycles. The van der Waals surface area contributed by atoms with Crippen molar-refractivity contribution in [1.29, 1.82) is 0 Å². The van der Waals surface area contributed by atoms with Crippen molar-refractivity contribution in [2.45, 2.75) is 38.1 Å². The number of aromatic nitrogens is 5. The van der Waals surface area contributed by atoms with Crippen LogP contribution in [-0.2, 0) is 0 Å². The van der Waals surface area contributed by atoms with Crippen LogP contribution >= 0.6 is 0 Å². The molecule has 6 rings (SSSR count). The molecule has 2 aliphatic carbocycles. The van der Waals surface area contributed by atoms with E-state index in [9.17, 15) is 4.39 Å². The van der Waals surface area contributed by atoms with Crippen molar-refractivity contribution in [2.24, 2.45) is 17.6 Å². The number of halogens is 1. The summed E-state index contributed by atoms with van der Waals surface area (Å²) in [5.74, 6) is 2.02. The van der Waals surface area contributed by atoms with Crippen molar-refractivity contribution in [3.8, 4) is 11.8 Å². The average Bonchev–Trinajstić information content (AvgIpc) is 3.46. The third kappa shape index (κ3) is 2.99. The van der Waals surface area contributed by atoms with E-state index in [4.69, 9.17) is 15.5 Å². The minimum atomic E-state index is -0.305. The van der Waals surface area contributed by atoms with E-state index >= 15 is 0 Å². The molecule has 0 saturated heterocycles. The van der Waals surface area contributed by atoms with E-state index in [-0.39, 0.29) is 23.8 Å². The van der Waals surface area contributed by atoms with Crippen LogP contribution in [0.5, 0.6) is 11.8 Å². The van der Waals surface area contributed by atoms with Crippen LogP contribution in [0.4, 0.5) is 10.1 Å². The molecule has 3 aromatic heterocycles. The Hall–Kier alpha value is -3.33. The van der Waals surface area contributed by atoms with E-state index < -0.39 is 0 Å². The first-order valence-electron chi connectivity index (χ1n) is 10.9. The third-order valence-corrected chi connectivity index (χ3v) is 7.03. The van der Waals surface area contributed by atoms with E-state index in [2.05, 4.69) is 25.3 Å². The molecule has 4 atom stereocenters. The van der Waals surface area contributed by atoms with Crippen LogP contribution in [0, 0.1) is 24.6 Å². The predicted octanol–water partition coefficient (Wildman–Crippen LogP) is 4.02. The van der Waals surface area contributed by atoms with E-state index in [1.807, 2.05) is 6.92 Å². The minimum absolute atomic E-state index is 0.227. The monoisotopic (exact) mass is 433 g/mol. The van der Waals surface area contributed by atoms with Crippen LogP contribution in [0.2, 0.25) is 0 Å². The second kappa shape index (κ2) is 7.09. The molecule has 0 radical (unpaired) electrons. The number of nitrogens with zero attached hydrogens (tertiary/aromatic N) is 4. The van der Waals surface area contributed by atoms with Gasteiger partial charge in [0.2, 0.25) is 0 Å². The zero-order valence-corrected chi connectivity index (χ0v) is 17.9. The maximum absolute atomic E-state index is 14.4. The Morgan fingerprint density at radius 1 is 1.12 bits per heavy atom. The average molecular weight is 433 g/mol. The van der Waals surface area contributed by atoms with Crippen molar-refractivity contribution >= 4 is 27.6 Å². The van der Waals surface area contributed by atoms with Crippen molar-refractivity contribution in [1.82, 2.24) is 24.9 Å². The molecule has 9 heteroatoms. The molecule has 0 amide bonds. The zero-order chi connectivity index (χ0) is 22.0. The molecular formula is C23H24FN7O. The van der Waals surface area contributed by atoms with Crippen LogP contribution in [0.25, 0.3) is 21.9 Å². The largest absolute Gasteiger partial charge is 0.421 e. The van der Waals surface area contributed by atoms with E-state index in [0.29, 0.717) is 34.7 Å². The number of rotatable bonds is 4. The highest BCUT2D eigenvalue weighted by atomic mass is 19.1. The maximum Gasteiger partial charge on any atom is 0.324 e. The first-order valence-corrected chi connectivity index (χ1v) is 10.9. The maximum atomic E-state index is 14.4. The van der Waals surface area contributed by atoms with Crippen molar-refractivity contribution in [3.05, 3.63) is 41.9 Å². The van der Waals surface area contributed by atoms with Gasteiger partial charge in [-0.15, -0.1) is 0 Å². The van der Waals surface area contributed by atoms with Gasteiger partial charge in [0.1, 0.15) is 17.3 Å². The number of fused-ring (bicyclic) bond motifs is 5. The minimum Gasteiger partial charge on any atom is -0.421 e. The summed E-state index contributed by atoms with van der Waals surface area (Å²) >= 11 is 0. The van der Waals surface area contributed by atoms with Crippen molar-refractivity contribution < 1.29 is 9.13 Å². The summed E-state index contributed by atoms with van der Waals surface area (Å²) in [5.41, 5.74) is 9.31. The number of aryl methyl sites for hydroxylation is 1. The number of benzene rings is 1. The summed E-state index contributed by atoms with van der Waals surface area (Å²) in [6, 6.07) is 3.51. The Morgan fingerprint density at radius 2 is 1.94 bits per heavy atom. The van der Waals surface area contributed by atoms with Gasteiger partial charge in [-0.2, -0.15) is 9.97 Å². The van der Waals surface area contributed by atoms with Gasteiger partial charge in [0.25, 0.3) is 0 Å². The molecule has 2 fully saturated rings. The summed E-state index contributed by atoms with van der Waals surface area (Å²) in [6.45, 7) is 1.81. The summed E-state index contributed by atoms with van der Waals surface area (Å²) in [7, 11) is 1.77.